The van der Waals surface area contributed by atoms with Crippen LogP contribution in [0.3, 0.4) is 0 Å². The van der Waals surface area contributed by atoms with E-state index in [-0.39, 0.29) is 0 Å². The first-order valence-corrected chi connectivity index (χ1v) is 17.5. The van der Waals surface area contributed by atoms with Gasteiger partial charge in [0.25, 0.3) is 0 Å². The summed E-state index contributed by atoms with van der Waals surface area (Å²) in [6.45, 7) is 0. The van der Waals surface area contributed by atoms with E-state index in [0.29, 0.717) is 0 Å². The van der Waals surface area contributed by atoms with Crippen molar-refractivity contribution in [3.8, 4) is 66.8 Å². The topological polar surface area (TPSA) is 0 Å². The average molecular weight is 629 g/mol. The molecule has 10 aromatic rings. The molecule has 0 aliphatic heterocycles. The third kappa shape index (κ3) is 3.31. The van der Waals surface area contributed by atoms with Gasteiger partial charge in [0.05, 0.1) is 0 Å². The van der Waals surface area contributed by atoms with E-state index < -0.39 is 0 Å². The first-order chi connectivity index (χ1) is 24.8. The van der Waals surface area contributed by atoms with Crippen molar-refractivity contribution in [2.24, 2.45) is 0 Å². The van der Waals surface area contributed by atoms with Crippen molar-refractivity contribution in [3.63, 3.8) is 0 Å². The Hall–Kier alpha value is -6.50. The first kappa shape index (κ1) is 26.5. The van der Waals surface area contributed by atoms with Gasteiger partial charge in [-0.05, 0) is 133 Å². The second-order valence-electron chi connectivity index (χ2n) is 13.9. The largest absolute Gasteiger partial charge is 0.0622 e. The molecule has 2 aliphatic rings. The molecule has 0 heterocycles. The Morgan fingerprint density at radius 1 is 0.220 bits per heavy atom. The fourth-order valence-corrected chi connectivity index (χ4v) is 9.51. The minimum Gasteiger partial charge on any atom is -0.0622 e. The number of rotatable bonds is 2. The zero-order chi connectivity index (χ0) is 32.5. The molecule has 0 aromatic heterocycles. The molecule has 0 saturated heterocycles. The van der Waals surface area contributed by atoms with Crippen molar-refractivity contribution in [1.82, 2.24) is 0 Å². The number of benzene rings is 10. The predicted octanol–water partition coefficient (Wildman–Crippen LogP) is 14.1. The Balaban J connectivity index is 1.28. The van der Waals surface area contributed by atoms with E-state index in [0.717, 1.165) is 0 Å². The van der Waals surface area contributed by atoms with E-state index in [1.54, 1.807) is 0 Å². The highest BCUT2D eigenvalue weighted by molar-refractivity contribution is 6.33. The minimum atomic E-state index is 1.25. The van der Waals surface area contributed by atoms with Crippen molar-refractivity contribution in [2.45, 2.75) is 0 Å². The zero-order valence-corrected chi connectivity index (χ0v) is 27.2. The lowest BCUT2D eigenvalue weighted by atomic mass is 9.80. The molecule has 0 amide bonds. The smallest absolute Gasteiger partial charge is 0.000719 e. The predicted molar refractivity (Wildman–Crippen MR) is 214 cm³/mol. The lowest BCUT2D eigenvalue weighted by Crippen LogP contribution is -1.95. The van der Waals surface area contributed by atoms with E-state index in [2.05, 4.69) is 170 Å². The lowest BCUT2D eigenvalue weighted by Gasteiger charge is -2.22. The quantitative estimate of drug-likeness (QED) is 0.167. The van der Waals surface area contributed by atoms with E-state index in [1.807, 2.05) is 0 Å². The van der Waals surface area contributed by atoms with E-state index in [1.165, 1.54) is 121 Å². The van der Waals surface area contributed by atoms with Gasteiger partial charge < -0.3 is 0 Å². The molecule has 0 radical (unpaired) electrons. The molecule has 2 aliphatic carbocycles. The molecule has 0 spiro atoms. The van der Waals surface area contributed by atoms with E-state index in [9.17, 15) is 0 Å². The SMILES string of the molecule is c1ccc(-c2c3c(c(-c4ccccc4)c4c2ccc2c5cc6c(cc5ccc24)-c2cccc4cccc-6c24)-c2cccc4cccc-3c24)cc1. The Morgan fingerprint density at radius 3 is 1.36 bits per heavy atom. The molecule has 0 atom stereocenters. The van der Waals surface area contributed by atoms with Crippen molar-refractivity contribution in [2.75, 3.05) is 0 Å². The van der Waals surface area contributed by atoms with Gasteiger partial charge >= 0.3 is 0 Å². The maximum absolute atomic E-state index is 2.47. The molecule has 0 bridgehead atoms. The highest BCUT2D eigenvalue weighted by atomic mass is 14.3. The molecular weight excluding hydrogens is 601 g/mol. The molecule has 0 unspecified atom stereocenters. The van der Waals surface area contributed by atoms with Crippen molar-refractivity contribution in [3.05, 3.63) is 170 Å². The summed E-state index contributed by atoms with van der Waals surface area (Å²) in [7, 11) is 0. The Kier molecular flexibility index (Phi) is 5.06. The Labute approximate surface area is 289 Å². The van der Waals surface area contributed by atoms with Gasteiger partial charge in [0, 0.05) is 0 Å². The van der Waals surface area contributed by atoms with Crippen LogP contribution < -0.4 is 0 Å². The van der Waals surface area contributed by atoms with Crippen molar-refractivity contribution < 1.29 is 0 Å². The number of hydrogen-bond donors (Lipinski definition) is 0. The fraction of sp³-hybridized carbons (Fsp3) is 0. The standard InChI is InChI=1S/C50H28/c1-3-11-31(12-4-1)46-40-26-25-34-37(24-23-33-27-42-35-19-7-15-29-16-8-20-36(44(29)35)43(42)28-41(33)34)48(40)47(32-13-5-2-6-14-32)50-39-22-10-18-30-17-9-21-38(45(30)39)49(46)50/h1-28H. The van der Waals surface area contributed by atoms with Gasteiger partial charge in [0.15, 0.2) is 0 Å². The normalized spacial score (nSPS) is 12.4. The van der Waals surface area contributed by atoms with Crippen LogP contribution in [0.15, 0.2) is 170 Å². The number of fused-ring (bicyclic) bond motifs is 11. The van der Waals surface area contributed by atoms with Crippen LogP contribution in [0.2, 0.25) is 0 Å². The van der Waals surface area contributed by atoms with Gasteiger partial charge in [-0.3, -0.25) is 0 Å². The summed E-state index contributed by atoms with van der Waals surface area (Å²) < 4.78 is 0. The third-order valence-corrected chi connectivity index (χ3v) is 11.5. The van der Waals surface area contributed by atoms with Crippen LogP contribution in [0.5, 0.6) is 0 Å². The maximum atomic E-state index is 2.47. The second-order valence-corrected chi connectivity index (χ2v) is 13.9. The van der Waals surface area contributed by atoms with Crippen LogP contribution in [0.1, 0.15) is 0 Å². The molecule has 50 heavy (non-hydrogen) atoms. The summed E-state index contributed by atoms with van der Waals surface area (Å²) in [6, 6.07) is 63.7. The summed E-state index contributed by atoms with van der Waals surface area (Å²) in [5.41, 5.74) is 15.8. The first-order valence-electron chi connectivity index (χ1n) is 17.5. The molecule has 0 saturated carbocycles. The van der Waals surface area contributed by atoms with Crippen LogP contribution in [-0.4, -0.2) is 0 Å². The summed E-state index contributed by atoms with van der Waals surface area (Å²) in [4.78, 5) is 0. The summed E-state index contributed by atoms with van der Waals surface area (Å²) in [5.74, 6) is 0. The molecule has 0 fully saturated rings. The highest BCUT2D eigenvalue weighted by Crippen LogP contribution is 2.59. The molecule has 12 rings (SSSR count). The Morgan fingerprint density at radius 2 is 0.720 bits per heavy atom. The zero-order valence-electron chi connectivity index (χ0n) is 27.2. The summed E-state index contributed by atoms with van der Waals surface area (Å²) in [5, 5.41) is 13.1. The van der Waals surface area contributed by atoms with Gasteiger partial charge in [-0.2, -0.15) is 0 Å². The van der Waals surface area contributed by atoms with Crippen LogP contribution in [0.25, 0.3) is 121 Å². The van der Waals surface area contributed by atoms with Crippen LogP contribution in [0, 0.1) is 0 Å². The molecule has 0 nitrogen and oxygen atoms in total. The van der Waals surface area contributed by atoms with Crippen LogP contribution in [0.4, 0.5) is 0 Å². The monoisotopic (exact) mass is 628 g/mol. The third-order valence-electron chi connectivity index (χ3n) is 11.5. The number of hydrogen-bond acceptors (Lipinski definition) is 0. The molecule has 10 aromatic carbocycles. The summed E-state index contributed by atoms with van der Waals surface area (Å²) >= 11 is 0. The van der Waals surface area contributed by atoms with Crippen LogP contribution in [-0.2, 0) is 0 Å². The maximum Gasteiger partial charge on any atom is -0.000719 e. The lowest BCUT2D eigenvalue weighted by molar-refractivity contribution is 1.63. The van der Waals surface area contributed by atoms with Gasteiger partial charge in [0.2, 0.25) is 0 Å². The van der Waals surface area contributed by atoms with E-state index in [4.69, 9.17) is 0 Å². The highest BCUT2D eigenvalue weighted by Gasteiger charge is 2.31. The molecule has 228 valence electrons. The van der Waals surface area contributed by atoms with Gasteiger partial charge in [-0.1, -0.05) is 158 Å². The van der Waals surface area contributed by atoms with E-state index >= 15 is 0 Å². The minimum absolute atomic E-state index is 1.25. The van der Waals surface area contributed by atoms with Gasteiger partial charge in [-0.25, -0.2) is 0 Å². The van der Waals surface area contributed by atoms with Crippen molar-refractivity contribution >= 4 is 53.9 Å². The average Bonchev–Trinajstić information content (AvgIpc) is 3.68. The Bertz CT molecular complexity index is 3100. The molecule has 0 N–H and O–H groups in total. The molecular formula is C50H28. The summed E-state index contributed by atoms with van der Waals surface area (Å²) in [6.07, 6.45) is 0. The van der Waals surface area contributed by atoms with Gasteiger partial charge in [0.1, 0.15) is 0 Å². The second kappa shape index (κ2) is 9.56. The van der Waals surface area contributed by atoms with Crippen molar-refractivity contribution in [1.29, 1.82) is 0 Å². The molecule has 0 heteroatoms. The van der Waals surface area contributed by atoms with Crippen LogP contribution >= 0.6 is 0 Å². The van der Waals surface area contributed by atoms with Gasteiger partial charge in [-0.15, -0.1) is 0 Å². The fourth-order valence-electron chi connectivity index (χ4n) is 9.51.